The van der Waals surface area contributed by atoms with Crippen LogP contribution in [0.3, 0.4) is 0 Å². The highest BCUT2D eigenvalue weighted by atomic mass is 35.5. The fraction of sp³-hybridized carbons (Fsp3) is 0.0476. The first-order valence-electron chi connectivity index (χ1n) is 8.56. The second-order valence-electron chi connectivity index (χ2n) is 6.09. The second kappa shape index (κ2) is 8.53. The third kappa shape index (κ3) is 4.15. The smallest absolute Gasteiger partial charge is 0.196 e. The van der Waals surface area contributed by atoms with E-state index < -0.39 is 11.6 Å². The standard InChI is InChI=1S/C21H13Cl2F2N3S/c22-16-7-4-8-17(23)15(16)12-29-21-27-26-20(13-5-2-1-3-6-13)28(21)19-10-9-14(24)11-18(19)25/h1-11H,12H2. The first kappa shape index (κ1) is 19.9. The third-order valence-corrected chi connectivity index (χ3v) is 5.89. The van der Waals surface area contributed by atoms with Crippen molar-refractivity contribution in [2.24, 2.45) is 0 Å². The summed E-state index contributed by atoms with van der Waals surface area (Å²) >= 11 is 13.8. The second-order valence-corrected chi connectivity index (χ2v) is 7.85. The van der Waals surface area contributed by atoms with Gasteiger partial charge in [-0.15, -0.1) is 10.2 Å². The average Bonchev–Trinajstić information content (AvgIpc) is 3.12. The first-order chi connectivity index (χ1) is 14.0. The van der Waals surface area contributed by atoms with E-state index in [9.17, 15) is 8.78 Å². The van der Waals surface area contributed by atoms with Gasteiger partial charge in [-0.1, -0.05) is 71.4 Å². The summed E-state index contributed by atoms with van der Waals surface area (Å²) in [7, 11) is 0. The maximum absolute atomic E-state index is 14.6. The van der Waals surface area contributed by atoms with E-state index in [1.807, 2.05) is 30.3 Å². The Labute approximate surface area is 180 Å². The number of hydrogen-bond acceptors (Lipinski definition) is 3. The summed E-state index contributed by atoms with van der Waals surface area (Å²) in [6.45, 7) is 0. The number of nitrogens with zero attached hydrogens (tertiary/aromatic N) is 3. The van der Waals surface area contributed by atoms with Crippen molar-refractivity contribution in [3.63, 3.8) is 0 Å². The molecular formula is C21H13Cl2F2N3S. The fourth-order valence-electron chi connectivity index (χ4n) is 2.82. The molecular weight excluding hydrogens is 435 g/mol. The molecule has 0 saturated carbocycles. The topological polar surface area (TPSA) is 30.7 Å². The van der Waals surface area contributed by atoms with Gasteiger partial charge < -0.3 is 0 Å². The molecule has 0 aliphatic rings. The minimum atomic E-state index is -0.709. The van der Waals surface area contributed by atoms with E-state index in [0.29, 0.717) is 26.8 Å². The Bertz CT molecular complexity index is 1150. The highest BCUT2D eigenvalue weighted by molar-refractivity contribution is 7.98. The van der Waals surface area contributed by atoms with E-state index in [1.54, 1.807) is 22.8 Å². The molecule has 0 aliphatic heterocycles. The summed E-state index contributed by atoms with van der Waals surface area (Å²) in [5.41, 5.74) is 1.66. The Morgan fingerprint density at radius 2 is 1.59 bits per heavy atom. The van der Waals surface area contributed by atoms with Crippen LogP contribution in [0.25, 0.3) is 17.1 Å². The summed E-state index contributed by atoms with van der Waals surface area (Å²) in [6, 6.07) is 18.0. The molecule has 0 radical (unpaired) electrons. The minimum absolute atomic E-state index is 0.156. The summed E-state index contributed by atoms with van der Waals surface area (Å²) in [4.78, 5) is 0. The van der Waals surface area contributed by atoms with Crippen molar-refractivity contribution in [3.8, 4) is 17.1 Å². The molecule has 3 aromatic carbocycles. The molecule has 0 N–H and O–H groups in total. The van der Waals surface area contributed by atoms with Crippen LogP contribution in [0.15, 0.2) is 71.9 Å². The lowest BCUT2D eigenvalue weighted by Gasteiger charge is -2.12. The molecule has 0 bridgehead atoms. The zero-order valence-corrected chi connectivity index (χ0v) is 17.1. The van der Waals surface area contributed by atoms with Crippen molar-refractivity contribution >= 4 is 35.0 Å². The molecule has 1 aromatic heterocycles. The van der Waals surface area contributed by atoms with Crippen molar-refractivity contribution in [1.29, 1.82) is 0 Å². The van der Waals surface area contributed by atoms with Crippen LogP contribution >= 0.6 is 35.0 Å². The van der Waals surface area contributed by atoms with Gasteiger partial charge in [0, 0.05) is 27.4 Å². The van der Waals surface area contributed by atoms with Crippen LogP contribution in [0.1, 0.15) is 5.56 Å². The summed E-state index contributed by atoms with van der Waals surface area (Å²) in [6.07, 6.45) is 0. The van der Waals surface area contributed by atoms with E-state index >= 15 is 0 Å². The summed E-state index contributed by atoms with van der Waals surface area (Å²) in [5.74, 6) is -0.505. The minimum Gasteiger partial charge on any atom is -0.267 e. The van der Waals surface area contributed by atoms with Crippen LogP contribution in [-0.2, 0) is 5.75 Å². The number of aromatic nitrogens is 3. The van der Waals surface area contributed by atoms with E-state index in [4.69, 9.17) is 23.2 Å². The van der Waals surface area contributed by atoms with Crippen molar-refractivity contribution < 1.29 is 8.78 Å². The van der Waals surface area contributed by atoms with Crippen LogP contribution in [0.2, 0.25) is 10.0 Å². The number of halogens is 4. The fourth-order valence-corrected chi connectivity index (χ4v) is 4.51. The number of rotatable bonds is 5. The summed E-state index contributed by atoms with van der Waals surface area (Å²) < 4.78 is 29.6. The highest BCUT2D eigenvalue weighted by Gasteiger charge is 2.20. The predicted molar refractivity (Wildman–Crippen MR) is 113 cm³/mol. The molecule has 0 saturated heterocycles. The molecule has 3 nitrogen and oxygen atoms in total. The maximum atomic E-state index is 14.6. The summed E-state index contributed by atoms with van der Waals surface area (Å²) in [5, 5.41) is 9.99. The molecule has 0 unspecified atom stereocenters. The lowest BCUT2D eigenvalue weighted by atomic mass is 10.2. The first-order valence-corrected chi connectivity index (χ1v) is 10.3. The quantitative estimate of drug-likeness (QED) is 0.314. The molecule has 4 rings (SSSR count). The van der Waals surface area contributed by atoms with Gasteiger partial charge in [-0.3, -0.25) is 4.57 Å². The van der Waals surface area contributed by atoms with Crippen LogP contribution in [0, 0.1) is 11.6 Å². The SMILES string of the molecule is Fc1ccc(-n2c(SCc3c(Cl)cccc3Cl)nnc2-c2ccccc2)c(F)c1. The van der Waals surface area contributed by atoms with Gasteiger partial charge >= 0.3 is 0 Å². The van der Waals surface area contributed by atoms with Crippen LogP contribution < -0.4 is 0 Å². The van der Waals surface area contributed by atoms with Crippen LogP contribution in [0.4, 0.5) is 8.78 Å². The lowest BCUT2D eigenvalue weighted by Crippen LogP contribution is -2.03. The van der Waals surface area contributed by atoms with Crippen molar-refractivity contribution in [1.82, 2.24) is 14.8 Å². The molecule has 0 spiro atoms. The van der Waals surface area contributed by atoms with Crippen LogP contribution in [0.5, 0.6) is 0 Å². The van der Waals surface area contributed by atoms with Gasteiger partial charge in [-0.2, -0.15) is 0 Å². The predicted octanol–water partition coefficient (Wildman–Crippen LogP) is 6.81. The molecule has 4 aromatic rings. The Morgan fingerprint density at radius 3 is 2.28 bits per heavy atom. The third-order valence-electron chi connectivity index (χ3n) is 4.22. The average molecular weight is 448 g/mol. The van der Waals surface area contributed by atoms with Gasteiger partial charge in [0.15, 0.2) is 11.0 Å². The molecule has 0 atom stereocenters. The zero-order chi connectivity index (χ0) is 20.4. The van der Waals surface area contributed by atoms with Gasteiger partial charge in [0.1, 0.15) is 11.6 Å². The normalized spacial score (nSPS) is 11.0. The number of thioether (sulfide) groups is 1. The van der Waals surface area contributed by atoms with Crippen molar-refractivity contribution in [2.45, 2.75) is 10.9 Å². The van der Waals surface area contributed by atoms with E-state index in [1.165, 1.54) is 23.9 Å². The Kier molecular flexibility index (Phi) is 5.85. The van der Waals surface area contributed by atoms with E-state index in [2.05, 4.69) is 10.2 Å². The molecule has 8 heteroatoms. The molecule has 0 amide bonds. The maximum Gasteiger partial charge on any atom is 0.196 e. The van der Waals surface area contributed by atoms with Gasteiger partial charge in [0.25, 0.3) is 0 Å². The Morgan fingerprint density at radius 1 is 0.862 bits per heavy atom. The highest BCUT2D eigenvalue weighted by Crippen LogP contribution is 2.34. The van der Waals surface area contributed by atoms with Crippen molar-refractivity contribution in [3.05, 3.63) is 94.0 Å². The van der Waals surface area contributed by atoms with Crippen molar-refractivity contribution in [2.75, 3.05) is 0 Å². The number of benzene rings is 3. The Balaban J connectivity index is 1.79. The van der Waals surface area contributed by atoms with Crippen LogP contribution in [-0.4, -0.2) is 14.8 Å². The van der Waals surface area contributed by atoms with E-state index in [0.717, 1.165) is 17.2 Å². The van der Waals surface area contributed by atoms with E-state index in [-0.39, 0.29) is 5.69 Å². The molecule has 1 heterocycles. The molecule has 0 aliphatic carbocycles. The monoisotopic (exact) mass is 447 g/mol. The largest absolute Gasteiger partial charge is 0.267 e. The molecule has 29 heavy (non-hydrogen) atoms. The van der Waals surface area contributed by atoms with Gasteiger partial charge in [0.2, 0.25) is 0 Å². The van der Waals surface area contributed by atoms with Gasteiger partial charge in [0.05, 0.1) is 5.69 Å². The number of hydrogen-bond donors (Lipinski definition) is 0. The van der Waals surface area contributed by atoms with Gasteiger partial charge in [-0.05, 0) is 29.8 Å². The van der Waals surface area contributed by atoms with Gasteiger partial charge in [-0.25, -0.2) is 8.78 Å². The molecule has 146 valence electrons. The molecule has 0 fully saturated rings. The lowest BCUT2D eigenvalue weighted by molar-refractivity contribution is 0.575. The Hall–Kier alpha value is -2.41. The zero-order valence-electron chi connectivity index (χ0n) is 14.8.